The molecule has 0 saturated heterocycles. The Morgan fingerprint density at radius 1 is 1.29 bits per heavy atom. The summed E-state index contributed by atoms with van der Waals surface area (Å²) in [6.45, 7) is 1.26. The van der Waals surface area contributed by atoms with E-state index in [-0.39, 0.29) is 16.8 Å². The lowest BCUT2D eigenvalue weighted by Gasteiger charge is -2.16. The fourth-order valence-electron chi connectivity index (χ4n) is 2.23. The molecular formula is C13H17N3O5. The molecule has 0 unspecified atom stereocenters. The molecule has 1 aliphatic carbocycles. The fourth-order valence-corrected chi connectivity index (χ4v) is 2.23. The standard InChI is InChI=1S/C13H17N3O5/c1-21-7-6-13(4-5-13)9-14-11-3-2-10(15(17)18)8-12(11)16(19)20/h2-3,8,14H,4-7,9H2,1H3. The molecule has 8 nitrogen and oxygen atoms in total. The van der Waals surface area contributed by atoms with Crippen molar-refractivity contribution in [1.29, 1.82) is 0 Å². The van der Waals surface area contributed by atoms with Crippen molar-refractivity contribution in [2.24, 2.45) is 5.41 Å². The van der Waals surface area contributed by atoms with E-state index >= 15 is 0 Å². The molecule has 0 radical (unpaired) electrons. The summed E-state index contributed by atoms with van der Waals surface area (Å²) in [5.41, 5.74) is -0.111. The Kier molecular flexibility index (Phi) is 4.37. The summed E-state index contributed by atoms with van der Waals surface area (Å²) in [5.74, 6) is 0. The van der Waals surface area contributed by atoms with Crippen LogP contribution < -0.4 is 5.32 Å². The van der Waals surface area contributed by atoms with Crippen molar-refractivity contribution < 1.29 is 14.6 Å². The normalized spacial score (nSPS) is 15.5. The van der Waals surface area contributed by atoms with Gasteiger partial charge in [0.2, 0.25) is 0 Å². The van der Waals surface area contributed by atoms with Crippen LogP contribution in [-0.2, 0) is 4.74 Å². The van der Waals surface area contributed by atoms with Crippen LogP contribution in [0.25, 0.3) is 0 Å². The van der Waals surface area contributed by atoms with Gasteiger partial charge in [-0.1, -0.05) is 0 Å². The highest BCUT2D eigenvalue weighted by Gasteiger charge is 2.42. The third kappa shape index (κ3) is 3.66. The van der Waals surface area contributed by atoms with E-state index in [1.165, 1.54) is 12.1 Å². The van der Waals surface area contributed by atoms with E-state index in [1.807, 2.05) is 0 Å². The Morgan fingerprint density at radius 2 is 2.00 bits per heavy atom. The molecule has 2 rings (SSSR count). The molecular weight excluding hydrogens is 278 g/mol. The third-order valence-corrected chi connectivity index (χ3v) is 3.84. The number of hydrogen-bond acceptors (Lipinski definition) is 6. The highest BCUT2D eigenvalue weighted by atomic mass is 16.6. The Morgan fingerprint density at radius 3 is 2.52 bits per heavy atom. The van der Waals surface area contributed by atoms with Gasteiger partial charge in [-0.3, -0.25) is 20.2 Å². The van der Waals surface area contributed by atoms with Gasteiger partial charge < -0.3 is 10.1 Å². The van der Waals surface area contributed by atoms with Crippen LogP contribution in [0.2, 0.25) is 0 Å². The van der Waals surface area contributed by atoms with Gasteiger partial charge in [0.1, 0.15) is 5.69 Å². The first-order valence-electron chi connectivity index (χ1n) is 6.63. The molecule has 1 N–H and O–H groups in total. The van der Waals surface area contributed by atoms with E-state index < -0.39 is 9.85 Å². The van der Waals surface area contributed by atoms with Gasteiger partial charge in [0.25, 0.3) is 11.4 Å². The van der Waals surface area contributed by atoms with Crippen molar-refractivity contribution in [3.63, 3.8) is 0 Å². The maximum absolute atomic E-state index is 11.0. The maximum atomic E-state index is 11.0. The topological polar surface area (TPSA) is 108 Å². The number of nitrogens with one attached hydrogen (secondary N) is 1. The summed E-state index contributed by atoms with van der Waals surface area (Å²) in [4.78, 5) is 20.5. The molecule has 1 aromatic carbocycles. The number of rotatable bonds is 8. The monoisotopic (exact) mass is 295 g/mol. The summed E-state index contributed by atoms with van der Waals surface area (Å²) in [6.07, 6.45) is 3.02. The summed E-state index contributed by atoms with van der Waals surface area (Å²) in [5, 5.41) is 24.8. The lowest BCUT2D eigenvalue weighted by Crippen LogP contribution is -2.17. The minimum Gasteiger partial charge on any atom is -0.385 e. The number of anilines is 1. The minimum absolute atomic E-state index is 0.131. The van der Waals surface area contributed by atoms with Gasteiger partial charge in [-0.25, -0.2) is 0 Å². The van der Waals surface area contributed by atoms with Gasteiger partial charge in [-0.05, 0) is 30.7 Å². The van der Waals surface area contributed by atoms with E-state index in [0.717, 1.165) is 25.3 Å². The van der Waals surface area contributed by atoms with E-state index in [2.05, 4.69) is 5.32 Å². The van der Waals surface area contributed by atoms with Gasteiger partial charge in [0.05, 0.1) is 15.9 Å². The number of non-ortho nitro benzene ring substituents is 1. The summed E-state index contributed by atoms with van der Waals surface area (Å²) in [7, 11) is 1.64. The number of nitrogens with zero attached hydrogens (tertiary/aromatic N) is 2. The number of methoxy groups -OCH3 is 1. The van der Waals surface area contributed by atoms with E-state index in [4.69, 9.17) is 4.74 Å². The minimum atomic E-state index is -0.641. The summed E-state index contributed by atoms with van der Waals surface area (Å²) < 4.78 is 5.06. The maximum Gasteiger partial charge on any atom is 0.299 e. The number of hydrogen-bond donors (Lipinski definition) is 1. The molecule has 1 aliphatic rings. The Labute approximate surface area is 121 Å². The van der Waals surface area contributed by atoms with Crippen LogP contribution in [0, 0.1) is 25.6 Å². The van der Waals surface area contributed by atoms with Crippen molar-refractivity contribution >= 4 is 17.1 Å². The summed E-state index contributed by atoms with van der Waals surface area (Å²) >= 11 is 0. The van der Waals surface area contributed by atoms with Crippen LogP contribution in [0.3, 0.4) is 0 Å². The van der Waals surface area contributed by atoms with E-state index in [0.29, 0.717) is 18.8 Å². The molecule has 114 valence electrons. The van der Waals surface area contributed by atoms with Crippen LogP contribution in [0.1, 0.15) is 19.3 Å². The lowest BCUT2D eigenvalue weighted by molar-refractivity contribution is -0.393. The van der Waals surface area contributed by atoms with Crippen LogP contribution >= 0.6 is 0 Å². The lowest BCUT2D eigenvalue weighted by atomic mass is 10.0. The Balaban J connectivity index is 2.09. The molecule has 21 heavy (non-hydrogen) atoms. The number of nitro groups is 2. The van der Waals surface area contributed by atoms with Crippen LogP contribution in [-0.4, -0.2) is 30.1 Å². The zero-order valence-corrected chi connectivity index (χ0v) is 11.7. The van der Waals surface area contributed by atoms with Gasteiger partial charge in [-0.2, -0.15) is 0 Å². The average Bonchev–Trinajstić information content (AvgIpc) is 3.23. The van der Waals surface area contributed by atoms with Gasteiger partial charge in [0.15, 0.2) is 0 Å². The zero-order chi connectivity index (χ0) is 15.5. The van der Waals surface area contributed by atoms with Crippen LogP contribution in [0.5, 0.6) is 0 Å². The molecule has 0 aromatic heterocycles. The molecule has 8 heteroatoms. The van der Waals surface area contributed by atoms with Gasteiger partial charge in [0, 0.05) is 26.3 Å². The molecule has 0 amide bonds. The molecule has 0 bridgehead atoms. The predicted octanol–water partition coefficient (Wildman–Crippen LogP) is 2.73. The van der Waals surface area contributed by atoms with Gasteiger partial charge >= 0.3 is 0 Å². The number of benzene rings is 1. The Bertz CT molecular complexity index is 557. The molecule has 0 atom stereocenters. The second-order valence-electron chi connectivity index (χ2n) is 5.31. The molecule has 0 spiro atoms. The largest absolute Gasteiger partial charge is 0.385 e. The van der Waals surface area contributed by atoms with E-state index in [9.17, 15) is 20.2 Å². The second-order valence-corrected chi connectivity index (χ2v) is 5.31. The zero-order valence-electron chi connectivity index (χ0n) is 11.7. The van der Waals surface area contributed by atoms with Crippen LogP contribution in [0.15, 0.2) is 18.2 Å². The van der Waals surface area contributed by atoms with Crippen molar-refractivity contribution in [2.45, 2.75) is 19.3 Å². The Hall–Kier alpha value is -2.22. The van der Waals surface area contributed by atoms with Crippen LogP contribution in [0.4, 0.5) is 17.1 Å². The number of nitro benzene ring substituents is 2. The van der Waals surface area contributed by atoms with Gasteiger partial charge in [-0.15, -0.1) is 0 Å². The van der Waals surface area contributed by atoms with Crippen molar-refractivity contribution in [3.8, 4) is 0 Å². The summed E-state index contributed by atoms with van der Waals surface area (Å²) in [6, 6.07) is 3.64. The average molecular weight is 295 g/mol. The number of ether oxygens (including phenoxy) is 1. The fraction of sp³-hybridized carbons (Fsp3) is 0.538. The third-order valence-electron chi connectivity index (χ3n) is 3.84. The van der Waals surface area contributed by atoms with Crippen molar-refractivity contribution in [2.75, 3.05) is 25.6 Å². The predicted molar refractivity (Wildman–Crippen MR) is 76.4 cm³/mol. The molecule has 1 fully saturated rings. The SMILES string of the molecule is COCCC1(CNc2ccc([N+](=O)[O-])cc2[N+](=O)[O-])CC1. The smallest absolute Gasteiger partial charge is 0.299 e. The quantitative estimate of drug-likeness (QED) is 0.583. The van der Waals surface area contributed by atoms with E-state index in [1.54, 1.807) is 7.11 Å². The first kappa shape index (κ1) is 15.2. The highest BCUT2D eigenvalue weighted by Crippen LogP contribution is 2.49. The highest BCUT2D eigenvalue weighted by molar-refractivity contribution is 5.65. The molecule has 1 saturated carbocycles. The molecule has 1 aromatic rings. The first-order valence-corrected chi connectivity index (χ1v) is 6.63. The second kappa shape index (κ2) is 6.04. The van der Waals surface area contributed by atoms with Crippen molar-refractivity contribution in [3.05, 3.63) is 38.4 Å². The molecule has 0 heterocycles. The first-order chi connectivity index (χ1) is 9.97. The molecule has 0 aliphatic heterocycles. The van der Waals surface area contributed by atoms with Crippen molar-refractivity contribution in [1.82, 2.24) is 0 Å².